The summed E-state index contributed by atoms with van der Waals surface area (Å²) in [5.74, 6) is 1.88. The Kier molecular flexibility index (Phi) is 3.85. The molecule has 3 aromatic rings. The molecule has 5 heteroatoms. The van der Waals surface area contributed by atoms with Crippen molar-refractivity contribution in [1.82, 2.24) is 9.97 Å². The van der Waals surface area contributed by atoms with Crippen molar-refractivity contribution in [2.45, 2.75) is 30.8 Å². The van der Waals surface area contributed by atoms with Crippen molar-refractivity contribution < 1.29 is 4.79 Å². The summed E-state index contributed by atoms with van der Waals surface area (Å²) in [4.78, 5) is 21.0. The smallest absolute Gasteiger partial charge is 0.170 e. The van der Waals surface area contributed by atoms with Gasteiger partial charge in [0.05, 0.1) is 12.1 Å². The fourth-order valence-electron chi connectivity index (χ4n) is 3.69. The Morgan fingerprint density at radius 2 is 1.41 bits per heavy atom. The summed E-state index contributed by atoms with van der Waals surface area (Å²) in [6.07, 6.45) is 3.02. The van der Waals surface area contributed by atoms with E-state index >= 15 is 0 Å². The van der Waals surface area contributed by atoms with E-state index in [2.05, 4.69) is 39.9 Å². The van der Waals surface area contributed by atoms with Gasteiger partial charge >= 0.3 is 0 Å². The average molecular weight is 356 g/mol. The number of hydrogen-bond acceptors (Lipinski definition) is 5. The SMILES string of the molecule is O=Cc1nc(C2CC2)nc2c1NC(c1ccccc1)C(c1ccccc1)N2. The molecular weight excluding hydrogens is 336 g/mol. The number of nitrogens with one attached hydrogen (secondary N) is 2. The van der Waals surface area contributed by atoms with E-state index in [-0.39, 0.29) is 12.1 Å². The Morgan fingerprint density at radius 3 is 1.96 bits per heavy atom. The van der Waals surface area contributed by atoms with Gasteiger partial charge in [-0.15, -0.1) is 0 Å². The fourth-order valence-corrected chi connectivity index (χ4v) is 3.69. The molecule has 0 radical (unpaired) electrons. The number of anilines is 2. The van der Waals surface area contributed by atoms with E-state index in [1.807, 2.05) is 36.4 Å². The third kappa shape index (κ3) is 2.95. The van der Waals surface area contributed by atoms with E-state index in [0.717, 1.165) is 36.3 Å². The molecule has 0 bridgehead atoms. The van der Waals surface area contributed by atoms with E-state index in [1.165, 1.54) is 5.56 Å². The first-order valence-corrected chi connectivity index (χ1v) is 9.33. The maximum Gasteiger partial charge on any atom is 0.170 e. The molecule has 1 aliphatic heterocycles. The van der Waals surface area contributed by atoms with Crippen LogP contribution in [0.3, 0.4) is 0 Å². The van der Waals surface area contributed by atoms with Crippen LogP contribution in [0.1, 0.15) is 58.3 Å². The monoisotopic (exact) mass is 356 g/mol. The Hall–Kier alpha value is -3.21. The third-order valence-corrected chi connectivity index (χ3v) is 5.25. The summed E-state index contributed by atoms with van der Waals surface area (Å²) in [6, 6.07) is 20.6. The van der Waals surface area contributed by atoms with E-state index in [4.69, 9.17) is 4.98 Å². The Bertz CT molecular complexity index is 970. The molecule has 1 aromatic heterocycles. The van der Waals surface area contributed by atoms with Gasteiger partial charge in [0.15, 0.2) is 12.1 Å². The summed E-state index contributed by atoms with van der Waals surface area (Å²) in [7, 11) is 0. The van der Waals surface area contributed by atoms with Crippen LogP contribution < -0.4 is 10.6 Å². The molecule has 2 aliphatic rings. The molecule has 5 nitrogen and oxygen atoms in total. The van der Waals surface area contributed by atoms with Crippen molar-refractivity contribution in [1.29, 1.82) is 0 Å². The Labute approximate surface area is 157 Å². The first-order valence-electron chi connectivity index (χ1n) is 9.33. The normalized spacial score (nSPS) is 20.9. The highest BCUT2D eigenvalue weighted by atomic mass is 16.1. The van der Waals surface area contributed by atoms with Gasteiger partial charge in [-0.25, -0.2) is 9.97 Å². The number of nitrogens with zero attached hydrogens (tertiary/aromatic N) is 2. The molecular formula is C22H20N4O. The van der Waals surface area contributed by atoms with Crippen LogP contribution in [0.2, 0.25) is 0 Å². The molecule has 2 heterocycles. The molecule has 1 fully saturated rings. The highest BCUT2D eigenvalue weighted by Gasteiger charge is 2.35. The molecule has 0 spiro atoms. The van der Waals surface area contributed by atoms with Gasteiger partial charge in [0.2, 0.25) is 0 Å². The lowest BCUT2D eigenvalue weighted by Crippen LogP contribution is -2.32. The van der Waals surface area contributed by atoms with E-state index < -0.39 is 0 Å². The van der Waals surface area contributed by atoms with Crippen LogP contribution in [-0.4, -0.2) is 16.3 Å². The highest BCUT2D eigenvalue weighted by molar-refractivity contribution is 5.88. The predicted octanol–water partition coefficient (Wildman–Crippen LogP) is 4.49. The second-order valence-corrected chi connectivity index (χ2v) is 7.15. The summed E-state index contributed by atoms with van der Waals surface area (Å²) < 4.78 is 0. The molecule has 1 saturated carbocycles. The van der Waals surface area contributed by atoms with Crippen LogP contribution in [0.15, 0.2) is 60.7 Å². The fraction of sp³-hybridized carbons (Fsp3) is 0.227. The lowest BCUT2D eigenvalue weighted by atomic mass is 9.91. The molecule has 1 aliphatic carbocycles. The Balaban J connectivity index is 1.63. The lowest BCUT2D eigenvalue weighted by molar-refractivity contribution is 0.111. The summed E-state index contributed by atoms with van der Waals surface area (Å²) in [5.41, 5.74) is 3.44. The number of rotatable bonds is 4. The standard InChI is InChI=1S/C22H20N4O/c27-13-17-20-22(26-21(23-17)16-11-12-16)25-19(15-9-5-2-6-10-15)18(24-20)14-7-3-1-4-8-14/h1-10,13,16,18-19,24H,11-12H2,(H,23,25,26). The zero-order valence-electron chi connectivity index (χ0n) is 14.8. The molecule has 2 unspecified atom stereocenters. The third-order valence-electron chi connectivity index (χ3n) is 5.25. The van der Waals surface area contributed by atoms with Crippen molar-refractivity contribution in [3.05, 3.63) is 83.3 Å². The number of aldehydes is 1. The average Bonchev–Trinajstić information content (AvgIpc) is 3.59. The lowest BCUT2D eigenvalue weighted by Gasteiger charge is -2.36. The molecule has 5 rings (SSSR count). The Morgan fingerprint density at radius 1 is 0.815 bits per heavy atom. The maximum absolute atomic E-state index is 11.7. The molecule has 2 aromatic carbocycles. The summed E-state index contributed by atoms with van der Waals surface area (Å²) in [5, 5.41) is 7.14. The van der Waals surface area contributed by atoms with Gasteiger partial charge in [0.25, 0.3) is 0 Å². The number of aromatic nitrogens is 2. The minimum absolute atomic E-state index is 0.00237. The molecule has 0 saturated heterocycles. The van der Waals surface area contributed by atoms with Gasteiger partial charge in [0, 0.05) is 5.92 Å². The van der Waals surface area contributed by atoms with Gasteiger partial charge < -0.3 is 10.6 Å². The molecule has 27 heavy (non-hydrogen) atoms. The number of hydrogen-bond donors (Lipinski definition) is 2. The van der Waals surface area contributed by atoms with Gasteiger partial charge in [0.1, 0.15) is 17.2 Å². The second kappa shape index (κ2) is 6.50. The first-order chi connectivity index (χ1) is 13.3. The zero-order valence-corrected chi connectivity index (χ0v) is 14.8. The highest BCUT2D eigenvalue weighted by Crippen LogP contribution is 2.44. The van der Waals surface area contributed by atoms with E-state index in [9.17, 15) is 4.79 Å². The molecule has 0 amide bonds. The van der Waals surface area contributed by atoms with Crippen molar-refractivity contribution in [3.63, 3.8) is 0 Å². The molecule has 134 valence electrons. The van der Waals surface area contributed by atoms with Crippen LogP contribution in [0, 0.1) is 0 Å². The topological polar surface area (TPSA) is 66.9 Å². The van der Waals surface area contributed by atoms with Gasteiger partial charge in [-0.3, -0.25) is 4.79 Å². The van der Waals surface area contributed by atoms with Crippen LogP contribution in [0.25, 0.3) is 0 Å². The number of carbonyl (C=O) groups excluding carboxylic acids is 1. The minimum Gasteiger partial charge on any atom is -0.371 e. The zero-order chi connectivity index (χ0) is 18.2. The summed E-state index contributed by atoms with van der Waals surface area (Å²) >= 11 is 0. The predicted molar refractivity (Wildman–Crippen MR) is 105 cm³/mol. The van der Waals surface area contributed by atoms with E-state index in [0.29, 0.717) is 17.3 Å². The minimum atomic E-state index is -0.0322. The van der Waals surface area contributed by atoms with Crippen molar-refractivity contribution in [2.75, 3.05) is 10.6 Å². The number of fused-ring (bicyclic) bond motifs is 1. The van der Waals surface area contributed by atoms with Crippen molar-refractivity contribution >= 4 is 17.8 Å². The molecule has 2 atom stereocenters. The first kappa shape index (κ1) is 16.0. The molecule has 2 N–H and O–H groups in total. The number of carbonyl (C=O) groups is 1. The van der Waals surface area contributed by atoms with E-state index in [1.54, 1.807) is 0 Å². The quantitative estimate of drug-likeness (QED) is 0.675. The van der Waals surface area contributed by atoms with Crippen molar-refractivity contribution in [2.24, 2.45) is 0 Å². The largest absolute Gasteiger partial charge is 0.371 e. The summed E-state index contributed by atoms with van der Waals surface area (Å²) in [6.45, 7) is 0. The van der Waals surface area contributed by atoms with Crippen LogP contribution in [0.4, 0.5) is 11.5 Å². The number of benzene rings is 2. The maximum atomic E-state index is 11.7. The van der Waals surface area contributed by atoms with Crippen LogP contribution in [0.5, 0.6) is 0 Å². The van der Waals surface area contributed by atoms with Gasteiger partial charge in [-0.05, 0) is 24.0 Å². The van der Waals surface area contributed by atoms with Crippen LogP contribution >= 0.6 is 0 Å². The van der Waals surface area contributed by atoms with Gasteiger partial charge in [-0.2, -0.15) is 0 Å². The van der Waals surface area contributed by atoms with Gasteiger partial charge in [-0.1, -0.05) is 60.7 Å². The van der Waals surface area contributed by atoms with Crippen LogP contribution in [-0.2, 0) is 0 Å². The second-order valence-electron chi connectivity index (χ2n) is 7.15. The van der Waals surface area contributed by atoms with Crippen molar-refractivity contribution in [3.8, 4) is 0 Å².